The van der Waals surface area contributed by atoms with Crippen LogP contribution in [0.2, 0.25) is 0 Å². The van der Waals surface area contributed by atoms with Gasteiger partial charge in [-0.3, -0.25) is 23.4 Å². The van der Waals surface area contributed by atoms with E-state index >= 15 is 0 Å². The van der Waals surface area contributed by atoms with Gasteiger partial charge in [-0.2, -0.15) is 0 Å². The fraction of sp³-hybridized carbons (Fsp3) is 0.768. The third-order valence-electron chi connectivity index (χ3n) is 11.4. The number of phosphoric acid groups is 1. The minimum Gasteiger partial charge on any atom is -0.462 e. The highest BCUT2D eigenvalue weighted by molar-refractivity contribution is 7.47. The lowest BCUT2D eigenvalue weighted by atomic mass is 10.1. The topological polar surface area (TPSA) is 155 Å². The molecule has 0 radical (unpaired) electrons. The third kappa shape index (κ3) is 48.2. The van der Waals surface area contributed by atoms with Crippen LogP contribution < -0.4 is 0 Å². The first-order chi connectivity index (χ1) is 33.2. The number of aliphatic hydroxyl groups is 1. The van der Waals surface area contributed by atoms with Crippen molar-refractivity contribution in [2.45, 2.75) is 251 Å². The zero-order chi connectivity index (χ0) is 49.9. The standard InChI is InChI=1S/C56H99O11P/c1-4-7-10-13-16-19-21-23-24-25-26-27-28-30-32-35-38-41-44-47-56(60)67-53(49-63-54(58)45-42-39-36-33-18-15-12-9-6-3)51-65-68(61,62)64-50-52(48-57)66-55(59)46-43-40-37-34-31-29-22-20-17-14-11-8-5-2/h11,14,16,19-20,22-24,26-27,52-53,57H,4-10,12-13,15,17-18,21,25,28-51H2,1-3H3,(H,61,62)/b14-11-,19-16-,22-20-,24-23-,27-26-. The number of esters is 3. The number of aliphatic hydroxyl groups excluding tert-OH is 1. The van der Waals surface area contributed by atoms with Crippen molar-refractivity contribution in [2.24, 2.45) is 0 Å². The normalized spacial score (nSPS) is 13.9. The smallest absolute Gasteiger partial charge is 0.462 e. The van der Waals surface area contributed by atoms with Crippen molar-refractivity contribution in [1.29, 1.82) is 0 Å². The average molecular weight is 979 g/mol. The van der Waals surface area contributed by atoms with Crippen LogP contribution in [-0.2, 0) is 42.2 Å². The molecule has 2 N–H and O–H groups in total. The lowest BCUT2D eigenvalue weighted by molar-refractivity contribution is -0.161. The molecular formula is C56H99O11P. The first-order valence-electron chi connectivity index (χ1n) is 27.2. The fourth-order valence-corrected chi connectivity index (χ4v) is 8.01. The van der Waals surface area contributed by atoms with Gasteiger partial charge < -0.3 is 24.2 Å². The minimum atomic E-state index is -4.75. The van der Waals surface area contributed by atoms with E-state index in [0.717, 1.165) is 116 Å². The van der Waals surface area contributed by atoms with Crippen molar-refractivity contribution < 1.29 is 52.2 Å². The molecule has 0 amide bonds. The average Bonchev–Trinajstić information content (AvgIpc) is 3.32. The second kappa shape index (κ2) is 50.6. The summed E-state index contributed by atoms with van der Waals surface area (Å²) < 4.78 is 39.3. The number of phosphoric ester groups is 1. The highest BCUT2D eigenvalue weighted by Crippen LogP contribution is 2.43. The molecule has 0 aliphatic heterocycles. The van der Waals surface area contributed by atoms with Crippen molar-refractivity contribution in [3.05, 3.63) is 60.8 Å². The molecule has 11 nitrogen and oxygen atoms in total. The van der Waals surface area contributed by atoms with Gasteiger partial charge in [-0.05, 0) is 83.5 Å². The van der Waals surface area contributed by atoms with Gasteiger partial charge in [0.15, 0.2) is 6.10 Å². The lowest BCUT2D eigenvalue weighted by Gasteiger charge is -2.21. The molecular weight excluding hydrogens is 880 g/mol. The number of hydrogen-bond donors (Lipinski definition) is 2. The molecule has 3 unspecified atom stereocenters. The van der Waals surface area contributed by atoms with Crippen LogP contribution in [-0.4, -0.2) is 66.5 Å². The van der Waals surface area contributed by atoms with Crippen LogP contribution in [0, 0.1) is 0 Å². The van der Waals surface area contributed by atoms with Crippen LogP contribution >= 0.6 is 7.82 Å². The first kappa shape index (κ1) is 65.2. The number of hydrogen-bond acceptors (Lipinski definition) is 10. The van der Waals surface area contributed by atoms with Crippen LogP contribution in [0.1, 0.15) is 239 Å². The Hall–Kier alpha value is -2.82. The largest absolute Gasteiger partial charge is 0.472 e. The summed E-state index contributed by atoms with van der Waals surface area (Å²) in [4.78, 5) is 48.3. The summed E-state index contributed by atoms with van der Waals surface area (Å²) in [6.07, 6.45) is 53.3. The van der Waals surface area contributed by atoms with Crippen LogP contribution in [0.5, 0.6) is 0 Å². The van der Waals surface area contributed by atoms with Crippen LogP contribution in [0.25, 0.3) is 0 Å². The highest BCUT2D eigenvalue weighted by atomic mass is 31.2. The Labute approximate surface area is 415 Å². The molecule has 12 heteroatoms. The van der Waals surface area contributed by atoms with E-state index in [-0.39, 0.29) is 25.9 Å². The zero-order valence-corrected chi connectivity index (χ0v) is 44.2. The van der Waals surface area contributed by atoms with E-state index in [9.17, 15) is 28.9 Å². The molecule has 0 aromatic rings. The number of carbonyl (C=O) groups is 3. The lowest BCUT2D eigenvalue weighted by Crippen LogP contribution is -2.30. The molecule has 0 saturated heterocycles. The summed E-state index contributed by atoms with van der Waals surface area (Å²) in [5.74, 6) is -1.49. The molecule has 3 atom stereocenters. The Balaban J connectivity index is 4.70. The number of rotatable bonds is 50. The summed E-state index contributed by atoms with van der Waals surface area (Å²) in [5, 5.41) is 9.77. The van der Waals surface area contributed by atoms with Crippen molar-refractivity contribution >= 4 is 25.7 Å². The van der Waals surface area contributed by atoms with Crippen LogP contribution in [0.4, 0.5) is 0 Å². The van der Waals surface area contributed by atoms with Gasteiger partial charge in [0.2, 0.25) is 0 Å². The minimum absolute atomic E-state index is 0.152. The van der Waals surface area contributed by atoms with E-state index in [0.29, 0.717) is 19.3 Å². The molecule has 0 bridgehead atoms. The summed E-state index contributed by atoms with van der Waals surface area (Å²) in [5.41, 5.74) is 0. The van der Waals surface area contributed by atoms with Gasteiger partial charge in [-0.1, -0.05) is 197 Å². The third-order valence-corrected chi connectivity index (χ3v) is 12.3. The van der Waals surface area contributed by atoms with Gasteiger partial charge in [0.05, 0.1) is 19.8 Å². The van der Waals surface area contributed by atoms with E-state index < -0.39 is 57.8 Å². The zero-order valence-electron chi connectivity index (χ0n) is 43.3. The van der Waals surface area contributed by atoms with E-state index in [1.165, 1.54) is 64.2 Å². The molecule has 68 heavy (non-hydrogen) atoms. The maximum absolute atomic E-state index is 12.8. The van der Waals surface area contributed by atoms with Gasteiger partial charge in [0, 0.05) is 19.3 Å². The van der Waals surface area contributed by atoms with Crippen molar-refractivity contribution in [1.82, 2.24) is 0 Å². The molecule has 0 aromatic carbocycles. The first-order valence-corrected chi connectivity index (χ1v) is 28.7. The van der Waals surface area contributed by atoms with Gasteiger partial charge in [0.25, 0.3) is 0 Å². The maximum Gasteiger partial charge on any atom is 0.472 e. The molecule has 394 valence electrons. The van der Waals surface area contributed by atoms with E-state index in [4.69, 9.17) is 23.3 Å². The van der Waals surface area contributed by atoms with E-state index in [1.54, 1.807) is 0 Å². The Morgan fingerprint density at radius 1 is 0.412 bits per heavy atom. The van der Waals surface area contributed by atoms with Crippen LogP contribution in [0.3, 0.4) is 0 Å². The van der Waals surface area contributed by atoms with Gasteiger partial charge in [-0.15, -0.1) is 0 Å². The Morgan fingerprint density at radius 3 is 1.19 bits per heavy atom. The molecule has 0 fully saturated rings. The molecule has 0 saturated carbocycles. The second-order valence-corrected chi connectivity index (χ2v) is 19.5. The number of carbonyl (C=O) groups excluding carboxylic acids is 3. The fourth-order valence-electron chi connectivity index (χ4n) is 7.22. The van der Waals surface area contributed by atoms with Crippen molar-refractivity contribution in [2.75, 3.05) is 26.4 Å². The van der Waals surface area contributed by atoms with Crippen molar-refractivity contribution in [3.8, 4) is 0 Å². The Morgan fingerprint density at radius 2 is 0.750 bits per heavy atom. The molecule has 0 heterocycles. The van der Waals surface area contributed by atoms with Crippen molar-refractivity contribution in [3.63, 3.8) is 0 Å². The number of allylic oxidation sites excluding steroid dienone is 10. The SMILES string of the molecule is CCC/C=C\C/C=C\CCCCCCCC(=O)OC(CO)COP(=O)(O)OCC(COC(=O)CCCCCCCCCCC)OC(=O)CCCCCCCC/C=C\C/C=C\C/C=C\CCCCC. The highest BCUT2D eigenvalue weighted by Gasteiger charge is 2.28. The maximum atomic E-state index is 12.8. The predicted octanol–water partition coefficient (Wildman–Crippen LogP) is 15.6. The number of unbranched alkanes of at least 4 members (excludes halogenated alkanes) is 23. The van der Waals surface area contributed by atoms with Gasteiger partial charge in [0.1, 0.15) is 12.7 Å². The Bertz CT molecular complexity index is 1370. The summed E-state index contributed by atoms with van der Waals surface area (Å²) >= 11 is 0. The molecule has 0 rings (SSSR count). The van der Waals surface area contributed by atoms with Gasteiger partial charge in [-0.25, -0.2) is 4.57 Å². The van der Waals surface area contributed by atoms with Crippen LogP contribution in [0.15, 0.2) is 60.8 Å². The van der Waals surface area contributed by atoms with Gasteiger partial charge >= 0.3 is 25.7 Å². The molecule has 0 spiro atoms. The summed E-state index contributed by atoms with van der Waals surface area (Å²) in [6, 6.07) is 0. The van der Waals surface area contributed by atoms with E-state index in [2.05, 4.69) is 81.5 Å². The van der Waals surface area contributed by atoms with E-state index in [1.807, 2.05) is 0 Å². The Kier molecular flexibility index (Phi) is 48.5. The molecule has 0 aliphatic rings. The molecule has 0 aliphatic carbocycles. The quantitative estimate of drug-likeness (QED) is 0.0197. The number of ether oxygens (including phenoxy) is 3. The summed E-state index contributed by atoms with van der Waals surface area (Å²) in [6.45, 7) is 4.50. The summed E-state index contributed by atoms with van der Waals surface area (Å²) in [7, 11) is -4.75. The monoisotopic (exact) mass is 979 g/mol. The second-order valence-electron chi connectivity index (χ2n) is 18.0. The predicted molar refractivity (Wildman–Crippen MR) is 279 cm³/mol. The molecule has 0 aromatic heterocycles.